The van der Waals surface area contributed by atoms with Gasteiger partial charge in [-0.2, -0.15) is 5.10 Å². The summed E-state index contributed by atoms with van der Waals surface area (Å²) in [5.41, 5.74) is 0.484. The van der Waals surface area contributed by atoms with Crippen molar-refractivity contribution in [2.24, 2.45) is 0 Å². The monoisotopic (exact) mass is 281 g/mol. The summed E-state index contributed by atoms with van der Waals surface area (Å²) in [7, 11) is -3.27. The maximum atomic E-state index is 11.2. The van der Waals surface area contributed by atoms with Gasteiger partial charge in [-0.25, -0.2) is 8.42 Å². The Kier molecular flexibility index (Phi) is 3.54. The van der Waals surface area contributed by atoms with Gasteiger partial charge in [0.2, 0.25) is 10.0 Å². The molecule has 80 valence electrons. The molecule has 1 aromatic rings. The maximum Gasteiger partial charge on any atom is 0.242 e. The van der Waals surface area contributed by atoms with E-state index in [1.807, 2.05) is 13.8 Å². The van der Waals surface area contributed by atoms with Crippen LogP contribution in [0.3, 0.4) is 0 Å². The largest absolute Gasteiger partial charge is 0.280 e. The van der Waals surface area contributed by atoms with Crippen molar-refractivity contribution in [3.8, 4) is 0 Å². The van der Waals surface area contributed by atoms with Crippen LogP contribution in [0.4, 0.5) is 5.69 Å². The molecule has 0 aliphatic heterocycles. The predicted molar refractivity (Wildman–Crippen MR) is 58.9 cm³/mol. The molecule has 0 unspecified atom stereocenters. The van der Waals surface area contributed by atoms with Gasteiger partial charge in [0.25, 0.3) is 0 Å². The quantitative estimate of drug-likeness (QED) is 0.852. The predicted octanol–water partition coefficient (Wildman–Crippen LogP) is 1.56. The first-order valence-electron chi connectivity index (χ1n) is 4.05. The highest BCUT2D eigenvalue weighted by atomic mass is 79.9. The summed E-state index contributed by atoms with van der Waals surface area (Å²) in [6.07, 6.45) is 3.14. The van der Waals surface area contributed by atoms with E-state index in [2.05, 4.69) is 25.8 Å². The molecule has 0 radical (unpaired) electrons. The van der Waals surface area contributed by atoms with Crippen molar-refractivity contribution in [2.45, 2.75) is 19.9 Å². The summed E-state index contributed by atoms with van der Waals surface area (Å²) in [6.45, 7) is 3.94. The van der Waals surface area contributed by atoms with E-state index in [4.69, 9.17) is 0 Å². The lowest BCUT2D eigenvalue weighted by Gasteiger charge is -2.03. The fraction of sp³-hybridized carbons (Fsp3) is 0.571. The third-order valence-corrected chi connectivity index (χ3v) is 4.19. The van der Waals surface area contributed by atoms with Crippen LogP contribution in [0.1, 0.15) is 19.9 Å². The summed E-state index contributed by atoms with van der Waals surface area (Å²) in [5, 5.41) is 4.01. The van der Waals surface area contributed by atoms with E-state index in [0.29, 0.717) is 5.69 Å². The molecule has 0 amide bonds. The Bertz CT molecular complexity index is 399. The number of hydrogen-bond acceptors (Lipinski definition) is 3. The molecule has 1 N–H and O–H groups in total. The summed E-state index contributed by atoms with van der Waals surface area (Å²) >= 11 is 2.89. The first-order valence-corrected chi connectivity index (χ1v) is 6.82. The number of anilines is 1. The third-order valence-electron chi connectivity index (χ3n) is 1.55. The van der Waals surface area contributed by atoms with Crippen LogP contribution in [0.2, 0.25) is 0 Å². The molecule has 0 fully saturated rings. The zero-order valence-corrected chi connectivity index (χ0v) is 10.3. The highest BCUT2D eigenvalue weighted by Gasteiger charge is 2.09. The van der Waals surface area contributed by atoms with Crippen LogP contribution in [0.15, 0.2) is 12.4 Å². The number of nitrogens with zero attached hydrogens (tertiary/aromatic N) is 2. The molecular formula is C7H12BrN3O2S. The highest BCUT2D eigenvalue weighted by molar-refractivity contribution is 9.10. The normalized spacial score (nSPS) is 12.0. The molecule has 0 bridgehead atoms. The molecule has 14 heavy (non-hydrogen) atoms. The van der Waals surface area contributed by atoms with Crippen molar-refractivity contribution in [1.29, 1.82) is 0 Å². The minimum Gasteiger partial charge on any atom is -0.280 e. The van der Waals surface area contributed by atoms with Crippen molar-refractivity contribution in [2.75, 3.05) is 9.38 Å². The number of sulfonamides is 1. The van der Waals surface area contributed by atoms with Crippen molar-refractivity contribution >= 4 is 31.6 Å². The van der Waals surface area contributed by atoms with E-state index in [1.165, 1.54) is 6.20 Å². The lowest BCUT2D eigenvalue weighted by Crippen LogP contribution is -2.12. The topological polar surface area (TPSA) is 64.0 Å². The number of hydrogen-bond donors (Lipinski definition) is 1. The Morgan fingerprint density at radius 3 is 2.71 bits per heavy atom. The van der Waals surface area contributed by atoms with E-state index in [1.54, 1.807) is 10.9 Å². The van der Waals surface area contributed by atoms with Crippen LogP contribution < -0.4 is 4.72 Å². The van der Waals surface area contributed by atoms with E-state index in [-0.39, 0.29) is 10.7 Å². The molecule has 0 saturated carbocycles. The van der Waals surface area contributed by atoms with Crippen LogP contribution in [0, 0.1) is 0 Å². The number of alkyl halides is 1. The smallest absolute Gasteiger partial charge is 0.242 e. The molecule has 1 heterocycles. The highest BCUT2D eigenvalue weighted by Crippen LogP contribution is 2.12. The van der Waals surface area contributed by atoms with Crippen molar-refractivity contribution < 1.29 is 8.42 Å². The molecular weight excluding hydrogens is 270 g/mol. The molecule has 0 aromatic carbocycles. The number of nitrogens with one attached hydrogen (secondary N) is 1. The van der Waals surface area contributed by atoms with Gasteiger partial charge in [-0.1, -0.05) is 15.9 Å². The van der Waals surface area contributed by atoms with E-state index < -0.39 is 10.0 Å². The molecule has 0 aliphatic carbocycles. The van der Waals surface area contributed by atoms with Crippen LogP contribution >= 0.6 is 15.9 Å². The first-order chi connectivity index (χ1) is 6.44. The van der Waals surface area contributed by atoms with E-state index >= 15 is 0 Å². The van der Waals surface area contributed by atoms with Gasteiger partial charge in [0.1, 0.15) is 4.66 Å². The second-order valence-corrected chi connectivity index (χ2v) is 6.15. The molecule has 0 atom stereocenters. The lowest BCUT2D eigenvalue weighted by molar-refractivity contribution is 0.532. The summed E-state index contributed by atoms with van der Waals surface area (Å²) in [5.74, 6) is 0. The minimum absolute atomic E-state index is 0.118. The number of rotatable bonds is 4. The number of aromatic nitrogens is 2. The zero-order chi connectivity index (χ0) is 10.8. The summed E-state index contributed by atoms with van der Waals surface area (Å²) in [6, 6.07) is 0.220. The van der Waals surface area contributed by atoms with Gasteiger partial charge in [0, 0.05) is 12.2 Å². The van der Waals surface area contributed by atoms with Crippen LogP contribution in [0.5, 0.6) is 0 Å². The average molecular weight is 282 g/mol. The summed E-state index contributed by atoms with van der Waals surface area (Å²) in [4.78, 5) is 0. The average Bonchev–Trinajstić information content (AvgIpc) is 2.52. The lowest BCUT2D eigenvalue weighted by atomic mass is 10.4. The van der Waals surface area contributed by atoms with Gasteiger partial charge in [-0.15, -0.1) is 0 Å². The fourth-order valence-corrected chi connectivity index (χ4v) is 1.74. The van der Waals surface area contributed by atoms with Crippen LogP contribution in [-0.4, -0.2) is 22.9 Å². The third kappa shape index (κ3) is 2.98. The summed E-state index contributed by atoms with van der Waals surface area (Å²) < 4.78 is 26.3. The van der Waals surface area contributed by atoms with Gasteiger partial charge in [-0.3, -0.25) is 9.40 Å². The Balaban J connectivity index is 2.79. The Morgan fingerprint density at radius 1 is 1.64 bits per heavy atom. The van der Waals surface area contributed by atoms with Crippen molar-refractivity contribution in [3.05, 3.63) is 12.4 Å². The molecule has 1 rings (SSSR count). The van der Waals surface area contributed by atoms with Gasteiger partial charge in [-0.05, 0) is 13.8 Å². The van der Waals surface area contributed by atoms with E-state index in [0.717, 1.165) is 0 Å². The van der Waals surface area contributed by atoms with Crippen LogP contribution in [-0.2, 0) is 10.0 Å². The van der Waals surface area contributed by atoms with E-state index in [9.17, 15) is 8.42 Å². The maximum absolute atomic E-state index is 11.2. The van der Waals surface area contributed by atoms with Crippen molar-refractivity contribution in [3.63, 3.8) is 0 Å². The van der Waals surface area contributed by atoms with Crippen LogP contribution in [0.25, 0.3) is 0 Å². The molecule has 1 aromatic heterocycles. The SMILES string of the molecule is CC(C)n1cc(NS(=O)(=O)CBr)cn1. The Morgan fingerprint density at radius 2 is 2.29 bits per heavy atom. The standard InChI is InChI=1S/C7H12BrN3O2S/c1-6(2)11-4-7(3-9-11)10-14(12,13)5-8/h3-4,6,10H,5H2,1-2H3. The molecule has 0 saturated heterocycles. The zero-order valence-electron chi connectivity index (χ0n) is 7.94. The van der Waals surface area contributed by atoms with Gasteiger partial charge < -0.3 is 0 Å². The fourth-order valence-electron chi connectivity index (χ4n) is 0.880. The molecule has 0 aliphatic rings. The molecule has 0 spiro atoms. The molecule has 7 heteroatoms. The van der Waals surface area contributed by atoms with Gasteiger partial charge in [0.15, 0.2) is 0 Å². The molecule has 5 nitrogen and oxygen atoms in total. The second-order valence-electron chi connectivity index (χ2n) is 3.13. The van der Waals surface area contributed by atoms with Gasteiger partial charge >= 0.3 is 0 Å². The number of halogens is 1. The first kappa shape index (κ1) is 11.5. The minimum atomic E-state index is -3.27. The van der Waals surface area contributed by atoms with Gasteiger partial charge in [0.05, 0.1) is 11.9 Å². The Labute approximate surface area is 91.7 Å². The van der Waals surface area contributed by atoms with Crippen molar-refractivity contribution in [1.82, 2.24) is 9.78 Å². The second kappa shape index (κ2) is 4.31. The Hall–Kier alpha value is -0.560.